The van der Waals surface area contributed by atoms with Crippen molar-refractivity contribution in [3.8, 4) is 5.75 Å². The Hall–Kier alpha value is -3.16. The summed E-state index contributed by atoms with van der Waals surface area (Å²) in [6, 6.07) is 20.5. The van der Waals surface area contributed by atoms with Gasteiger partial charge in [-0.3, -0.25) is 4.79 Å². The van der Waals surface area contributed by atoms with E-state index < -0.39 is 10.0 Å². The molecule has 0 aliphatic rings. The van der Waals surface area contributed by atoms with Gasteiger partial charge < -0.3 is 10.1 Å². The van der Waals surface area contributed by atoms with Crippen LogP contribution in [0.5, 0.6) is 5.75 Å². The number of benzene rings is 3. The van der Waals surface area contributed by atoms with Crippen LogP contribution in [-0.2, 0) is 21.2 Å². The Bertz CT molecular complexity index is 1250. The van der Waals surface area contributed by atoms with Crippen molar-refractivity contribution in [3.63, 3.8) is 0 Å². The van der Waals surface area contributed by atoms with E-state index >= 15 is 0 Å². The fourth-order valence-electron chi connectivity index (χ4n) is 3.94. The van der Waals surface area contributed by atoms with Gasteiger partial charge in [-0.15, -0.1) is 0 Å². The number of aryl methyl sites for hydroxylation is 3. The quantitative estimate of drug-likeness (QED) is 0.493. The molecule has 34 heavy (non-hydrogen) atoms. The van der Waals surface area contributed by atoms with E-state index in [2.05, 4.69) is 17.4 Å². The Morgan fingerprint density at radius 3 is 2.32 bits per heavy atom. The van der Waals surface area contributed by atoms with E-state index in [9.17, 15) is 13.2 Å². The second kappa shape index (κ2) is 10.8. The van der Waals surface area contributed by atoms with Crippen molar-refractivity contribution in [2.24, 2.45) is 0 Å². The number of hydrogen-bond acceptors (Lipinski definition) is 4. The number of carbonyl (C=O) groups excluding carboxylic acids is 1. The fraction of sp³-hybridized carbons (Fsp3) is 0.296. The van der Waals surface area contributed by atoms with Crippen molar-refractivity contribution in [3.05, 3.63) is 94.5 Å². The number of amides is 1. The maximum Gasteiger partial charge on any atom is 0.242 e. The average molecular weight is 481 g/mol. The summed E-state index contributed by atoms with van der Waals surface area (Å²) >= 11 is 0. The minimum absolute atomic E-state index is 0.128. The number of methoxy groups -OCH3 is 1. The predicted octanol–water partition coefficient (Wildman–Crippen LogP) is 4.40. The lowest BCUT2D eigenvalue weighted by atomic mass is 9.93. The van der Waals surface area contributed by atoms with Gasteiger partial charge in [0.1, 0.15) is 5.75 Å². The van der Waals surface area contributed by atoms with Crippen LogP contribution in [0, 0.1) is 13.8 Å². The molecule has 1 unspecified atom stereocenters. The topological polar surface area (TPSA) is 75.7 Å². The molecule has 7 heteroatoms. The van der Waals surface area contributed by atoms with Crippen LogP contribution in [0.25, 0.3) is 0 Å². The summed E-state index contributed by atoms with van der Waals surface area (Å²) in [5.74, 6) is 0.427. The van der Waals surface area contributed by atoms with E-state index in [1.54, 1.807) is 12.1 Å². The van der Waals surface area contributed by atoms with Crippen molar-refractivity contribution < 1.29 is 17.9 Å². The zero-order chi connectivity index (χ0) is 24.9. The number of carbonyl (C=O) groups is 1. The van der Waals surface area contributed by atoms with E-state index in [0.29, 0.717) is 17.7 Å². The van der Waals surface area contributed by atoms with E-state index in [1.807, 2.05) is 50.2 Å². The SMILES string of the molecule is COc1ccc(S(=O)(=O)N(C)C)cc1CCC(=O)NC(c1ccccc1)c1ccc(C)cc1C. The Morgan fingerprint density at radius 1 is 1.00 bits per heavy atom. The molecule has 0 saturated heterocycles. The standard InChI is InChI=1S/C27H32N2O4S/c1-19-11-14-24(20(2)17-19)27(21-9-7-6-8-10-21)28-26(30)16-12-22-18-23(13-15-25(22)33-5)34(31,32)29(3)4/h6-11,13-15,17-18,27H,12,16H2,1-5H3,(H,28,30). The second-order valence-corrected chi connectivity index (χ2v) is 10.7. The van der Waals surface area contributed by atoms with Crippen LogP contribution in [0.15, 0.2) is 71.6 Å². The minimum Gasteiger partial charge on any atom is -0.496 e. The van der Waals surface area contributed by atoms with E-state index in [4.69, 9.17) is 4.74 Å². The van der Waals surface area contributed by atoms with Gasteiger partial charge in [-0.05, 0) is 60.7 Å². The lowest BCUT2D eigenvalue weighted by Gasteiger charge is -2.22. The summed E-state index contributed by atoms with van der Waals surface area (Å²) in [4.78, 5) is 13.2. The molecule has 0 aromatic heterocycles. The number of nitrogens with zero attached hydrogens (tertiary/aromatic N) is 1. The molecule has 0 bridgehead atoms. The number of rotatable bonds is 9. The molecule has 6 nitrogen and oxygen atoms in total. The Morgan fingerprint density at radius 2 is 1.71 bits per heavy atom. The molecule has 0 heterocycles. The molecule has 0 radical (unpaired) electrons. The molecule has 3 aromatic carbocycles. The number of nitrogens with one attached hydrogen (secondary N) is 1. The molecule has 3 aromatic rings. The fourth-order valence-corrected chi connectivity index (χ4v) is 4.89. The van der Waals surface area contributed by atoms with E-state index in [1.165, 1.54) is 37.1 Å². The van der Waals surface area contributed by atoms with Crippen LogP contribution in [-0.4, -0.2) is 39.8 Å². The summed E-state index contributed by atoms with van der Waals surface area (Å²) in [5.41, 5.74) is 4.99. The molecule has 1 amide bonds. The highest BCUT2D eigenvalue weighted by atomic mass is 32.2. The molecule has 0 spiro atoms. The van der Waals surface area contributed by atoms with Gasteiger partial charge in [0.05, 0.1) is 18.0 Å². The molecular formula is C27H32N2O4S. The van der Waals surface area contributed by atoms with Gasteiger partial charge in [0.25, 0.3) is 0 Å². The van der Waals surface area contributed by atoms with Crippen LogP contribution in [0.2, 0.25) is 0 Å². The molecule has 0 saturated carbocycles. The third-order valence-corrected chi connectivity index (χ3v) is 7.64. The predicted molar refractivity (Wildman–Crippen MR) is 135 cm³/mol. The zero-order valence-corrected chi connectivity index (χ0v) is 21.1. The van der Waals surface area contributed by atoms with Crippen molar-refractivity contribution in [1.29, 1.82) is 0 Å². The van der Waals surface area contributed by atoms with Crippen LogP contribution >= 0.6 is 0 Å². The molecule has 0 aliphatic carbocycles. The number of ether oxygens (including phenoxy) is 1. The normalized spacial score (nSPS) is 12.4. The molecule has 180 valence electrons. The van der Waals surface area contributed by atoms with Crippen molar-refractivity contribution in [2.45, 2.75) is 37.6 Å². The third-order valence-electron chi connectivity index (χ3n) is 5.83. The van der Waals surface area contributed by atoms with Gasteiger partial charge >= 0.3 is 0 Å². The van der Waals surface area contributed by atoms with Gasteiger partial charge in [-0.2, -0.15) is 0 Å². The molecule has 1 N–H and O–H groups in total. The number of hydrogen-bond donors (Lipinski definition) is 1. The van der Waals surface area contributed by atoms with Crippen LogP contribution in [0.4, 0.5) is 0 Å². The second-order valence-electron chi connectivity index (χ2n) is 8.53. The first-order chi connectivity index (χ1) is 16.1. The molecule has 0 fully saturated rings. The average Bonchev–Trinajstić information content (AvgIpc) is 2.81. The zero-order valence-electron chi connectivity index (χ0n) is 20.3. The van der Waals surface area contributed by atoms with E-state index in [0.717, 1.165) is 16.7 Å². The van der Waals surface area contributed by atoms with Gasteiger partial charge in [0.15, 0.2) is 0 Å². The summed E-state index contributed by atoms with van der Waals surface area (Å²) in [5, 5.41) is 3.17. The maximum atomic E-state index is 13.1. The van der Waals surface area contributed by atoms with Crippen molar-refractivity contribution >= 4 is 15.9 Å². The largest absolute Gasteiger partial charge is 0.496 e. The van der Waals surface area contributed by atoms with Gasteiger partial charge in [-0.1, -0.05) is 54.1 Å². The first-order valence-electron chi connectivity index (χ1n) is 11.1. The smallest absolute Gasteiger partial charge is 0.242 e. The van der Waals surface area contributed by atoms with Crippen molar-refractivity contribution in [2.75, 3.05) is 21.2 Å². The van der Waals surface area contributed by atoms with Crippen molar-refractivity contribution in [1.82, 2.24) is 9.62 Å². The molecule has 0 aliphatic heterocycles. The monoisotopic (exact) mass is 480 g/mol. The Balaban J connectivity index is 1.83. The van der Waals surface area contributed by atoms with Gasteiger partial charge in [0.2, 0.25) is 15.9 Å². The first kappa shape index (κ1) is 25.5. The Labute approximate surface area is 202 Å². The molecule has 1 atom stereocenters. The lowest BCUT2D eigenvalue weighted by molar-refractivity contribution is -0.121. The van der Waals surface area contributed by atoms with Gasteiger partial charge in [0, 0.05) is 20.5 Å². The highest BCUT2D eigenvalue weighted by molar-refractivity contribution is 7.89. The molecule has 3 rings (SSSR count). The summed E-state index contributed by atoms with van der Waals surface area (Å²) in [6.45, 7) is 4.09. The first-order valence-corrected chi connectivity index (χ1v) is 12.6. The maximum absolute atomic E-state index is 13.1. The minimum atomic E-state index is -3.59. The lowest BCUT2D eigenvalue weighted by Crippen LogP contribution is -2.30. The van der Waals surface area contributed by atoms with Gasteiger partial charge in [-0.25, -0.2) is 12.7 Å². The molecular weight excluding hydrogens is 448 g/mol. The number of sulfonamides is 1. The van der Waals surface area contributed by atoms with Crippen LogP contribution in [0.1, 0.15) is 40.3 Å². The summed E-state index contributed by atoms with van der Waals surface area (Å²) in [7, 11) is 0.926. The summed E-state index contributed by atoms with van der Waals surface area (Å²) in [6.07, 6.45) is 0.538. The highest BCUT2D eigenvalue weighted by Gasteiger charge is 2.21. The van der Waals surface area contributed by atoms with E-state index in [-0.39, 0.29) is 23.3 Å². The highest BCUT2D eigenvalue weighted by Crippen LogP contribution is 2.27. The summed E-state index contributed by atoms with van der Waals surface area (Å²) < 4.78 is 31.7. The third kappa shape index (κ3) is 5.85. The van der Waals surface area contributed by atoms with Crippen LogP contribution < -0.4 is 10.1 Å². The van der Waals surface area contributed by atoms with Crippen LogP contribution in [0.3, 0.4) is 0 Å². The Kier molecular flexibility index (Phi) is 8.12.